The van der Waals surface area contributed by atoms with Gasteiger partial charge in [-0.05, 0) is 43.0 Å². The van der Waals surface area contributed by atoms with Gasteiger partial charge in [-0.15, -0.1) is 0 Å². The molecule has 2 aromatic rings. The van der Waals surface area contributed by atoms with Crippen molar-refractivity contribution < 1.29 is 27.9 Å². The molecule has 0 aliphatic carbocycles. The van der Waals surface area contributed by atoms with Crippen LogP contribution < -0.4 is 16.2 Å². The fourth-order valence-electron chi connectivity index (χ4n) is 2.82. The summed E-state index contributed by atoms with van der Waals surface area (Å²) in [5, 5.41) is 9.46. The van der Waals surface area contributed by atoms with Gasteiger partial charge in [-0.1, -0.05) is 36.4 Å². The van der Waals surface area contributed by atoms with Crippen molar-refractivity contribution in [1.82, 2.24) is 14.0 Å². The molecule has 206 valence electrons. The number of nitrogens with zero attached hydrogens (tertiary/aromatic N) is 2. The zero-order valence-electron chi connectivity index (χ0n) is 21.3. The summed E-state index contributed by atoms with van der Waals surface area (Å²) >= 11 is 1.66. The Morgan fingerprint density at radius 2 is 1.84 bits per heavy atom. The Balaban J connectivity index is 0.000000649. The summed E-state index contributed by atoms with van der Waals surface area (Å²) in [5.74, 6) is -0.823. The van der Waals surface area contributed by atoms with Gasteiger partial charge in [0.05, 0.1) is 18.8 Å². The fourth-order valence-corrected chi connectivity index (χ4v) is 4.44. The molecular weight excluding hydrogens is 518 g/mol. The molecule has 0 fully saturated rings. The van der Waals surface area contributed by atoms with Crippen LogP contribution in [0.1, 0.15) is 24.6 Å². The SMILES string of the molecule is CSCC[C@H](N)C(N)=O.C[C@@H](OCc1ccccc1)[C@H](NS(=O)(=O)N(C)CCc1ccccn1)C(=O)O. The van der Waals surface area contributed by atoms with Crippen LogP contribution in [0.4, 0.5) is 0 Å². The minimum Gasteiger partial charge on any atom is -0.480 e. The van der Waals surface area contributed by atoms with E-state index in [1.165, 1.54) is 14.0 Å². The Labute approximate surface area is 223 Å². The Morgan fingerprint density at radius 1 is 1.19 bits per heavy atom. The lowest BCUT2D eigenvalue weighted by atomic mass is 10.2. The van der Waals surface area contributed by atoms with E-state index in [0.717, 1.165) is 21.3 Å². The Hall–Kier alpha value is -2.55. The summed E-state index contributed by atoms with van der Waals surface area (Å²) in [6.45, 7) is 1.87. The molecule has 1 heterocycles. The van der Waals surface area contributed by atoms with Gasteiger partial charge in [0.2, 0.25) is 5.91 Å². The number of likely N-dealkylation sites (N-methyl/N-ethyl adjacent to an activating group) is 1. The van der Waals surface area contributed by atoms with Crippen LogP contribution in [-0.4, -0.2) is 78.5 Å². The van der Waals surface area contributed by atoms with E-state index in [1.54, 1.807) is 30.1 Å². The zero-order chi connectivity index (χ0) is 27.8. The number of aliphatic carboxylic acids is 1. The molecule has 1 aromatic heterocycles. The van der Waals surface area contributed by atoms with E-state index in [9.17, 15) is 23.1 Å². The Kier molecular flexibility index (Phi) is 15.0. The van der Waals surface area contributed by atoms with E-state index < -0.39 is 40.3 Å². The second-order valence-corrected chi connectivity index (χ2v) is 10.9. The topological polar surface area (TPSA) is 178 Å². The summed E-state index contributed by atoms with van der Waals surface area (Å²) in [7, 11) is -2.62. The molecule has 1 aromatic carbocycles. The third-order valence-corrected chi connectivity index (χ3v) is 7.38. The zero-order valence-corrected chi connectivity index (χ0v) is 23.0. The van der Waals surface area contributed by atoms with Gasteiger partial charge in [0.15, 0.2) is 0 Å². The molecule has 0 spiro atoms. The molecule has 0 saturated carbocycles. The van der Waals surface area contributed by atoms with Gasteiger partial charge in [-0.25, -0.2) is 0 Å². The van der Waals surface area contributed by atoms with Crippen molar-refractivity contribution in [2.75, 3.05) is 25.6 Å². The van der Waals surface area contributed by atoms with Gasteiger partial charge in [-0.3, -0.25) is 14.6 Å². The van der Waals surface area contributed by atoms with Crippen LogP contribution in [0.15, 0.2) is 54.7 Å². The van der Waals surface area contributed by atoms with E-state index in [0.29, 0.717) is 12.8 Å². The van der Waals surface area contributed by atoms with Crippen molar-refractivity contribution in [2.24, 2.45) is 11.5 Å². The standard InChI is InChI=1S/C19H25N3O5S.C5H12N2OS/c1-15(27-14-16-8-4-3-5-9-16)18(19(23)24)21-28(25,26)22(2)13-11-17-10-6-7-12-20-17;1-9-3-2-4(6)5(7)8/h3-10,12,15,18,21H,11,13-14H2,1-2H3,(H,23,24);4H,2-3,6H2,1H3,(H2,7,8)/t15-,18+;4-/m10/s1. The lowest BCUT2D eigenvalue weighted by molar-refractivity contribution is -0.143. The smallest absolute Gasteiger partial charge is 0.324 e. The molecule has 1 amide bonds. The van der Waals surface area contributed by atoms with Crippen LogP contribution in [0.3, 0.4) is 0 Å². The highest BCUT2D eigenvalue weighted by atomic mass is 32.2. The van der Waals surface area contributed by atoms with Gasteiger partial charge in [-0.2, -0.15) is 29.2 Å². The number of thioether (sulfide) groups is 1. The average molecular weight is 556 g/mol. The van der Waals surface area contributed by atoms with Crippen LogP contribution in [-0.2, 0) is 37.6 Å². The number of carbonyl (C=O) groups excluding carboxylic acids is 1. The number of carboxylic acid groups (broad SMARTS) is 1. The van der Waals surface area contributed by atoms with Gasteiger partial charge in [0, 0.05) is 31.9 Å². The molecule has 0 aliphatic heterocycles. The van der Waals surface area contributed by atoms with Crippen LogP contribution in [0.2, 0.25) is 0 Å². The number of carboxylic acids is 1. The third kappa shape index (κ3) is 13.0. The van der Waals surface area contributed by atoms with Gasteiger partial charge < -0.3 is 21.3 Å². The average Bonchev–Trinajstić information content (AvgIpc) is 2.88. The van der Waals surface area contributed by atoms with Gasteiger partial charge >= 0.3 is 5.97 Å². The monoisotopic (exact) mass is 555 g/mol. The number of pyridine rings is 1. The van der Waals surface area contributed by atoms with Gasteiger partial charge in [0.25, 0.3) is 10.2 Å². The summed E-state index contributed by atoms with van der Waals surface area (Å²) in [5.41, 5.74) is 11.8. The largest absolute Gasteiger partial charge is 0.480 e. The number of benzene rings is 1. The number of nitrogens with two attached hydrogens (primary N) is 2. The number of hydrogen-bond donors (Lipinski definition) is 4. The van der Waals surface area contributed by atoms with Crippen molar-refractivity contribution in [1.29, 1.82) is 0 Å². The van der Waals surface area contributed by atoms with E-state index >= 15 is 0 Å². The number of aromatic nitrogens is 1. The number of amides is 1. The Bertz CT molecular complexity index is 1040. The highest BCUT2D eigenvalue weighted by Gasteiger charge is 2.32. The minimum atomic E-state index is -4.01. The molecule has 3 atom stereocenters. The maximum absolute atomic E-state index is 12.5. The molecule has 0 unspecified atom stereocenters. The predicted molar refractivity (Wildman–Crippen MR) is 145 cm³/mol. The number of ether oxygens (including phenoxy) is 1. The normalized spacial score (nSPS) is 13.8. The van der Waals surface area contributed by atoms with E-state index in [4.69, 9.17) is 16.2 Å². The minimum absolute atomic E-state index is 0.165. The molecule has 11 nitrogen and oxygen atoms in total. The summed E-state index contributed by atoms with van der Waals surface area (Å²) in [6.07, 6.45) is 3.82. The number of hydrogen-bond acceptors (Lipinski definition) is 8. The molecule has 6 N–H and O–H groups in total. The molecule has 0 radical (unpaired) electrons. The lowest BCUT2D eigenvalue weighted by Crippen LogP contribution is -2.52. The number of rotatable bonds is 15. The quantitative estimate of drug-likeness (QED) is 0.249. The first kappa shape index (κ1) is 32.5. The van der Waals surface area contributed by atoms with E-state index in [1.807, 2.05) is 42.7 Å². The Morgan fingerprint density at radius 3 is 2.38 bits per heavy atom. The molecule has 37 heavy (non-hydrogen) atoms. The van der Waals surface area contributed by atoms with E-state index in [-0.39, 0.29) is 13.2 Å². The fraction of sp³-hybridized carbons (Fsp3) is 0.458. The first-order chi connectivity index (χ1) is 17.5. The maximum Gasteiger partial charge on any atom is 0.324 e. The maximum atomic E-state index is 12.5. The van der Waals surface area contributed by atoms with Crippen LogP contribution in [0.5, 0.6) is 0 Å². The molecule has 0 bridgehead atoms. The molecule has 13 heteroatoms. The number of primary amides is 1. The highest BCUT2D eigenvalue weighted by molar-refractivity contribution is 7.98. The predicted octanol–water partition coefficient (Wildman–Crippen LogP) is 1.00. The molecule has 0 aliphatic rings. The third-order valence-electron chi connectivity index (χ3n) is 5.18. The van der Waals surface area contributed by atoms with Crippen LogP contribution in [0, 0.1) is 0 Å². The van der Waals surface area contributed by atoms with E-state index in [2.05, 4.69) is 9.71 Å². The van der Waals surface area contributed by atoms with Crippen molar-refractivity contribution in [3.8, 4) is 0 Å². The first-order valence-corrected chi connectivity index (χ1v) is 14.4. The molecular formula is C24H37N5O6S2. The second kappa shape index (κ2) is 17.1. The van der Waals surface area contributed by atoms with Crippen molar-refractivity contribution in [3.63, 3.8) is 0 Å². The number of nitrogens with one attached hydrogen (secondary N) is 1. The summed E-state index contributed by atoms with van der Waals surface area (Å²) in [6, 6.07) is 12.8. The van der Waals surface area contributed by atoms with Crippen molar-refractivity contribution in [2.45, 2.75) is 44.6 Å². The van der Waals surface area contributed by atoms with Crippen molar-refractivity contribution in [3.05, 3.63) is 66.0 Å². The van der Waals surface area contributed by atoms with Gasteiger partial charge in [0.1, 0.15) is 6.04 Å². The highest BCUT2D eigenvalue weighted by Crippen LogP contribution is 2.09. The van der Waals surface area contributed by atoms with Crippen LogP contribution in [0.25, 0.3) is 0 Å². The summed E-state index contributed by atoms with van der Waals surface area (Å²) < 4.78 is 33.9. The lowest BCUT2D eigenvalue weighted by Gasteiger charge is -2.25. The molecule has 0 saturated heterocycles. The summed E-state index contributed by atoms with van der Waals surface area (Å²) in [4.78, 5) is 26.0. The first-order valence-electron chi connectivity index (χ1n) is 11.5. The second-order valence-electron chi connectivity index (χ2n) is 8.12. The van der Waals surface area contributed by atoms with Crippen LogP contribution >= 0.6 is 11.8 Å². The number of carbonyl (C=O) groups is 2. The molecule has 2 rings (SSSR count). The van der Waals surface area contributed by atoms with Crippen molar-refractivity contribution >= 4 is 33.8 Å².